The summed E-state index contributed by atoms with van der Waals surface area (Å²) in [6.45, 7) is 11.2. The summed E-state index contributed by atoms with van der Waals surface area (Å²) in [6, 6.07) is 20.5. The summed E-state index contributed by atoms with van der Waals surface area (Å²) in [7, 11) is 0. The average molecular weight is 421 g/mol. The molecule has 1 fully saturated rings. The Balaban J connectivity index is 1.84. The van der Waals surface area contributed by atoms with Crippen LogP contribution in [0.2, 0.25) is 0 Å². The standard InChI is InChI=1S/C32H36/c1-6-8-13-29(26-17-18-26)27-16-15-22(3)32(21-27)24(5)23(4)28-20-19-25-12-9-10-14-30(25)31(28)11-7-2/h6,8-10,12-16,19-21,26H,7,11,17-18H2,1-5H3/b8-6-,24-23+,29-13+. The SMILES string of the molecule is C/C=C\C=C(\c1ccc(C)c(/C(C)=C(\C)c2ccc3ccccc3c2CCC)c1)C1CC1. The second-order valence-corrected chi connectivity index (χ2v) is 9.26. The van der Waals surface area contributed by atoms with Crippen molar-refractivity contribution in [2.45, 2.75) is 60.3 Å². The molecule has 0 aliphatic heterocycles. The van der Waals surface area contributed by atoms with E-state index < -0.39 is 0 Å². The van der Waals surface area contributed by atoms with Gasteiger partial charge in [-0.1, -0.05) is 80.1 Å². The Bertz CT molecular complexity index is 1210. The zero-order valence-electron chi connectivity index (χ0n) is 20.3. The molecule has 0 saturated heterocycles. The van der Waals surface area contributed by atoms with Crippen LogP contribution in [0, 0.1) is 12.8 Å². The molecule has 0 atom stereocenters. The van der Waals surface area contributed by atoms with E-state index in [1.807, 2.05) is 0 Å². The molecule has 0 radical (unpaired) electrons. The van der Waals surface area contributed by atoms with Crippen LogP contribution < -0.4 is 0 Å². The van der Waals surface area contributed by atoms with Gasteiger partial charge in [0.05, 0.1) is 0 Å². The van der Waals surface area contributed by atoms with E-state index in [9.17, 15) is 0 Å². The molecule has 0 nitrogen and oxygen atoms in total. The van der Waals surface area contributed by atoms with Crippen LogP contribution in [0.15, 0.2) is 72.8 Å². The number of fused-ring (bicyclic) bond motifs is 1. The number of benzene rings is 3. The molecule has 164 valence electrons. The van der Waals surface area contributed by atoms with Gasteiger partial charge in [0, 0.05) is 0 Å². The molecule has 4 rings (SSSR count). The molecule has 1 aliphatic carbocycles. The molecular formula is C32H36. The van der Waals surface area contributed by atoms with Crippen molar-refractivity contribution in [2.75, 3.05) is 0 Å². The topological polar surface area (TPSA) is 0 Å². The van der Waals surface area contributed by atoms with Gasteiger partial charge < -0.3 is 0 Å². The first kappa shape index (κ1) is 22.3. The number of hydrogen-bond acceptors (Lipinski definition) is 0. The quantitative estimate of drug-likeness (QED) is 0.264. The molecule has 0 heterocycles. The van der Waals surface area contributed by atoms with Gasteiger partial charge in [-0.25, -0.2) is 0 Å². The van der Waals surface area contributed by atoms with Crippen molar-refractivity contribution in [3.8, 4) is 0 Å². The zero-order valence-corrected chi connectivity index (χ0v) is 20.3. The van der Waals surface area contributed by atoms with Crippen molar-refractivity contribution in [3.63, 3.8) is 0 Å². The Hall–Kier alpha value is -2.86. The summed E-state index contributed by atoms with van der Waals surface area (Å²) >= 11 is 0. The van der Waals surface area contributed by atoms with Crippen LogP contribution in [-0.4, -0.2) is 0 Å². The molecule has 1 saturated carbocycles. The largest absolute Gasteiger partial charge is 0.0877 e. The molecule has 32 heavy (non-hydrogen) atoms. The third-order valence-corrected chi connectivity index (χ3v) is 6.97. The highest BCUT2D eigenvalue weighted by Crippen LogP contribution is 2.43. The Labute approximate surface area is 194 Å². The van der Waals surface area contributed by atoms with Crippen molar-refractivity contribution >= 4 is 27.5 Å². The Morgan fingerprint density at radius 2 is 1.69 bits per heavy atom. The van der Waals surface area contributed by atoms with E-state index in [-0.39, 0.29) is 0 Å². The Morgan fingerprint density at radius 3 is 2.41 bits per heavy atom. The predicted molar refractivity (Wildman–Crippen MR) is 143 cm³/mol. The first-order valence-electron chi connectivity index (χ1n) is 12.2. The highest BCUT2D eigenvalue weighted by molar-refractivity contribution is 5.96. The van der Waals surface area contributed by atoms with Crippen molar-refractivity contribution in [1.29, 1.82) is 0 Å². The summed E-state index contributed by atoms with van der Waals surface area (Å²) < 4.78 is 0. The molecule has 0 unspecified atom stereocenters. The van der Waals surface area contributed by atoms with E-state index in [4.69, 9.17) is 0 Å². The molecule has 0 spiro atoms. The van der Waals surface area contributed by atoms with Crippen molar-refractivity contribution in [2.24, 2.45) is 5.92 Å². The maximum absolute atomic E-state index is 2.43. The molecule has 1 aliphatic rings. The number of hydrogen-bond donors (Lipinski definition) is 0. The van der Waals surface area contributed by atoms with Gasteiger partial charge >= 0.3 is 0 Å². The van der Waals surface area contributed by atoms with Gasteiger partial charge in [-0.3, -0.25) is 0 Å². The van der Waals surface area contributed by atoms with Gasteiger partial charge in [0.15, 0.2) is 0 Å². The lowest BCUT2D eigenvalue weighted by molar-refractivity contribution is 0.926. The molecule has 3 aromatic carbocycles. The molecular weight excluding hydrogens is 384 g/mol. The van der Waals surface area contributed by atoms with E-state index in [0.29, 0.717) is 0 Å². The predicted octanol–water partition coefficient (Wildman–Crippen LogP) is 9.42. The summed E-state index contributed by atoms with van der Waals surface area (Å²) in [5, 5.41) is 2.74. The second kappa shape index (κ2) is 9.74. The second-order valence-electron chi connectivity index (χ2n) is 9.26. The molecule has 0 N–H and O–H groups in total. The third kappa shape index (κ3) is 4.51. The average Bonchev–Trinajstić information content (AvgIpc) is 3.65. The van der Waals surface area contributed by atoms with Crippen LogP contribution in [0.4, 0.5) is 0 Å². The third-order valence-electron chi connectivity index (χ3n) is 6.97. The lowest BCUT2D eigenvalue weighted by Crippen LogP contribution is -1.98. The molecule has 0 heteroatoms. The van der Waals surface area contributed by atoms with Gasteiger partial charge in [-0.05, 0) is 114 Å². The first-order valence-corrected chi connectivity index (χ1v) is 12.2. The lowest BCUT2D eigenvalue weighted by atomic mass is 9.87. The fourth-order valence-electron chi connectivity index (χ4n) is 4.88. The minimum absolute atomic E-state index is 0.726. The van der Waals surface area contributed by atoms with Crippen molar-refractivity contribution in [3.05, 3.63) is 101 Å². The smallest absolute Gasteiger partial charge is 0.0146 e. The van der Waals surface area contributed by atoms with E-state index in [2.05, 4.69) is 107 Å². The van der Waals surface area contributed by atoms with E-state index in [1.165, 1.54) is 68.2 Å². The lowest BCUT2D eigenvalue weighted by Gasteiger charge is -2.18. The summed E-state index contributed by atoms with van der Waals surface area (Å²) in [5.41, 5.74) is 11.3. The number of rotatable bonds is 7. The zero-order chi connectivity index (χ0) is 22.7. The fraction of sp³-hybridized carbons (Fsp3) is 0.312. The van der Waals surface area contributed by atoms with Crippen LogP contribution in [0.3, 0.4) is 0 Å². The number of aryl methyl sites for hydroxylation is 2. The van der Waals surface area contributed by atoms with Gasteiger partial charge in [0.1, 0.15) is 0 Å². The van der Waals surface area contributed by atoms with Crippen LogP contribution in [0.5, 0.6) is 0 Å². The first-order chi connectivity index (χ1) is 15.5. The van der Waals surface area contributed by atoms with Crippen LogP contribution in [-0.2, 0) is 6.42 Å². The van der Waals surface area contributed by atoms with Crippen molar-refractivity contribution < 1.29 is 0 Å². The molecule has 0 aromatic heterocycles. The molecule has 0 amide bonds. The molecule has 0 bridgehead atoms. The maximum Gasteiger partial charge on any atom is -0.0146 e. The summed E-state index contributed by atoms with van der Waals surface area (Å²) in [4.78, 5) is 0. The van der Waals surface area contributed by atoms with Crippen LogP contribution >= 0.6 is 0 Å². The normalized spacial score (nSPS) is 15.5. The van der Waals surface area contributed by atoms with Crippen molar-refractivity contribution in [1.82, 2.24) is 0 Å². The van der Waals surface area contributed by atoms with Gasteiger partial charge in [-0.2, -0.15) is 0 Å². The van der Waals surface area contributed by atoms with Gasteiger partial charge in [0.2, 0.25) is 0 Å². The summed E-state index contributed by atoms with van der Waals surface area (Å²) in [6.07, 6.45) is 11.5. The number of allylic oxidation sites excluding steroid dienone is 6. The van der Waals surface area contributed by atoms with E-state index >= 15 is 0 Å². The molecule has 3 aromatic rings. The van der Waals surface area contributed by atoms with E-state index in [0.717, 1.165) is 18.8 Å². The maximum atomic E-state index is 2.43. The van der Waals surface area contributed by atoms with Crippen LogP contribution in [0.25, 0.3) is 27.5 Å². The minimum atomic E-state index is 0.726. The highest BCUT2D eigenvalue weighted by Gasteiger charge is 2.26. The Morgan fingerprint density at radius 1 is 0.938 bits per heavy atom. The summed E-state index contributed by atoms with van der Waals surface area (Å²) in [5.74, 6) is 0.726. The highest BCUT2D eigenvalue weighted by atomic mass is 14.3. The van der Waals surface area contributed by atoms with Crippen LogP contribution in [0.1, 0.15) is 74.8 Å². The van der Waals surface area contributed by atoms with Gasteiger partial charge in [0.25, 0.3) is 0 Å². The van der Waals surface area contributed by atoms with Gasteiger partial charge in [-0.15, -0.1) is 0 Å². The Kier molecular flexibility index (Phi) is 6.80. The minimum Gasteiger partial charge on any atom is -0.0877 e. The fourth-order valence-corrected chi connectivity index (χ4v) is 4.88. The van der Waals surface area contributed by atoms with E-state index in [1.54, 1.807) is 0 Å². The monoisotopic (exact) mass is 420 g/mol.